The van der Waals surface area contributed by atoms with Crippen molar-refractivity contribution in [2.75, 3.05) is 0 Å². The van der Waals surface area contributed by atoms with Crippen molar-refractivity contribution in [3.05, 3.63) is 27.6 Å². The molecule has 0 radical (unpaired) electrons. The molecule has 2 heterocycles. The maximum Gasteiger partial charge on any atom is 0.175 e. The Kier molecular flexibility index (Phi) is 1.94. The molecule has 0 atom stereocenters. The second-order valence-electron chi connectivity index (χ2n) is 2.29. The quantitative estimate of drug-likeness (QED) is 0.725. The zero-order valence-corrected chi connectivity index (χ0v) is 8.54. The van der Waals surface area contributed by atoms with Crippen LogP contribution in [0.5, 0.6) is 0 Å². The Hall–Kier alpha value is -1.12. The zero-order valence-electron chi connectivity index (χ0n) is 6.20. The minimum atomic E-state index is 0.301. The van der Waals surface area contributed by atoms with Gasteiger partial charge < -0.3 is 0 Å². The fourth-order valence-corrected chi connectivity index (χ4v) is 1.53. The van der Waals surface area contributed by atoms with Crippen molar-refractivity contribution < 1.29 is 0 Å². The number of halogens is 2. The number of imidazole rings is 1. The molecule has 6 heteroatoms. The van der Waals surface area contributed by atoms with E-state index in [-0.39, 0.29) is 0 Å². The molecule has 2 aromatic rings. The molecule has 0 unspecified atom stereocenters. The predicted octanol–water partition coefficient (Wildman–Crippen LogP) is 2.02. The van der Waals surface area contributed by atoms with Crippen LogP contribution < -0.4 is 0 Å². The van der Waals surface area contributed by atoms with Crippen LogP contribution in [0, 0.1) is 11.3 Å². The first-order valence-electron chi connectivity index (χ1n) is 3.33. The van der Waals surface area contributed by atoms with Crippen LogP contribution in [-0.2, 0) is 0 Å². The van der Waals surface area contributed by atoms with Gasteiger partial charge in [0, 0.05) is 0 Å². The minimum Gasteiger partial charge on any atom is -0.215 e. The van der Waals surface area contributed by atoms with Crippen LogP contribution in [0.4, 0.5) is 0 Å². The molecule has 2 aromatic heterocycles. The topological polar surface area (TPSA) is 54.0 Å². The molecular formula is C7H2BrClN4. The van der Waals surface area contributed by atoms with E-state index in [1.807, 2.05) is 6.07 Å². The van der Waals surface area contributed by atoms with E-state index in [1.54, 1.807) is 12.1 Å². The number of rotatable bonds is 0. The van der Waals surface area contributed by atoms with Crippen molar-refractivity contribution in [3.8, 4) is 6.07 Å². The molecule has 2 rings (SSSR count). The molecule has 0 fully saturated rings. The van der Waals surface area contributed by atoms with Gasteiger partial charge in [0.2, 0.25) is 0 Å². The number of nitriles is 1. The molecule has 0 saturated heterocycles. The molecular weight excluding hydrogens is 255 g/mol. The van der Waals surface area contributed by atoms with Crippen molar-refractivity contribution >= 4 is 33.2 Å². The Morgan fingerprint density at radius 1 is 1.54 bits per heavy atom. The molecule has 0 amide bonds. The van der Waals surface area contributed by atoms with Crippen LogP contribution in [0.3, 0.4) is 0 Å². The van der Waals surface area contributed by atoms with Crippen molar-refractivity contribution in [3.63, 3.8) is 0 Å². The monoisotopic (exact) mass is 256 g/mol. The van der Waals surface area contributed by atoms with Crippen LogP contribution in [0.25, 0.3) is 5.65 Å². The van der Waals surface area contributed by atoms with E-state index in [0.717, 1.165) is 0 Å². The van der Waals surface area contributed by atoms with Crippen molar-refractivity contribution in [2.24, 2.45) is 0 Å². The highest BCUT2D eigenvalue weighted by Gasteiger charge is 2.09. The number of fused-ring (bicyclic) bond motifs is 1. The SMILES string of the molecule is N#Cc1nc2ccc(Cl)nn2c1Br. The van der Waals surface area contributed by atoms with Crippen LogP contribution in [0.1, 0.15) is 5.69 Å². The van der Waals surface area contributed by atoms with Gasteiger partial charge in [-0.1, -0.05) is 11.6 Å². The van der Waals surface area contributed by atoms with E-state index in [1.165, 1.54) is 4.52 Å². The fraction of sp³-hybridized carbons (Fsp3) is 0. The molecule has 0 spiro atoms. The van der Waals surface area contributed by atoms with Gasteiger partial charge in [-0.05, 0) is 28.1 Å². The lowest BCUT2D eigenvalue weighted by Gasteiger charge is -1.92. The van der Waals surface area contributed by atoms with E-state index in [4.69, 9.17) is 16.9 Å². The van der Waals surface area contributed by atoms with E-state index in [0.29, 0.717) is 21.1 Å². The summed E-state index contributed by atoms with van der Waals surface area (Å²) >= 11 is 8.88. The van der Waals surface area contributed by atoms with Crippen LogP contribution >= 0.6 is 27.5 Å². The van der Waals surface area contributed by atoms with Gasteiger partial charge in [0.05, 0.1) is 0 Å². The Morgan fingerprint density at radius 2 is 2.31 bits per heavy atom. The third-order valence-corrected chi connectivity index (χ3v) is 2.41. The lowest BCUT2D eigenvalue weighted by Crippen LogP contribution is -1.90. The summed E-state index contributed by atoms with van der Waals surface area (Å²) in [7, 11) is 0. The molecule has 0 aliphatic rings. The summed E-state index contributed by atoms with van der Waals surface area (Å²) in [6, 6.07) is 5.26. The zero-order chi connectivity index (χ0) is 9.42. The largest absolute Gasteiger partial charge is 0.215 e. The third-order valence-electron chi connectivity index (χ3n) is 1.50. The number of aromatic nitrogens is 3. The minimum absolute atomic E-state index is 0.301. The van der Waals surface area contributed by atoms with Crippen LogP contribution in [0.2, 0.25) is 5.15 Å². The maximum absolute atomic E-state index is 8.67. The molecule has 0 N–H and O–H groups in total. The fourth-order valence-electron chi connectivity index (χ4n) is 0.955. The predicted molar refractivity (Wildman–Crippen MR) is 50.4 cm³/mol. The number of hydrogen-bond donors (Lipinski definition) is 0. The molecule has 64 valence electrons. The summed E-state index contributed by atoms with van der Waals surface area (Å²) in [5.74, 6) is 0. The standard InChI is InChI=1S/C7H2BrClN4/c8-7-4(3-10)11-6-2-1-5(9)12-13(6)7/h1-2H. The Labute approximate surface area is 86.9 Å². The van der Waals surface area contributed by atoms with E-state index in [9.17, 15) is 0 Å². The van der Waals surface area contributed by atoms with Gasteiger partial charge >= 0.3 is 0 Å². The normalized spacial score (nSPS) is 10.2. The van der Waals surface area contributed by atoms with Gasteiger partial charge in [-0.3, -0.25) is 0 Å². The highest BCUT2D eigenvalue weighted by atomic mass is 79.9. The average molecular weight is 257 g/mol. The highest BCUT2D eigenvalue weighted by molar-refractivity contribution is 9.10. The smallest absolute Gasteiger partial charge is 0.175 e. The Bertz CT molecular complexity index is 513. The van der Waals surface area contributed by atoms with Gasteiger partial charge in [0.15, 0.2) is 11.3 Å². The van der Waals surface area contributed by atoms with Crippen LogP contribution in [-0.4, -0.2) is 14.6 Å². The first-order chi connectivity index (χ1) is 6.22. The molecule has 0 saturated carbocycles. The van der Waals surface area contributed by atoms with Crippen molar-refractivity contribution in [1.29, 1.82) is 5.26 Å². The molecule has 13 heavy (non-hydrogen) atoms. The van der Waals surface area contributed by atoms with E-state index >= 15 is 0 Å². The van der Waals surface area contributed by atoms with Gasteiger partial charge in [0.25, 0.3) is 0 Å². The van der Waals surface area contributed by atoms with Gasteiger partial charge in [-0.15, -0.1) is 0 Å². The average Bonchev–Trinajstić information content (AvgIpc) is 2.44. The van der Waals surface area contributed by atoms with Gasteiger partial charge in [0.1, 0.15) is 15.8 Å². The summed E-state index contributed by atoms with van der Waals surface area (Å²) < 4.78 is 1.99. The summed E-state index contributed by atoms with van der Waals surface area (Å²) in [4.78, 5) is 4.01. The van der Waals surface area contributed by atoms with Gasteiger partial charge in [-0.2, -0.15) is 10.4 Å². The summed E-state index contributed by atoms with van der Waals surface area (Å²) in [6.07, 6.45) is 0. The number of hydrogen-bond acceptors (Lipinski definition) is 3. The first-order valence-corrected chi connectivity index (χ1v) is 4.50. The Balaban J connectivity index is 2.87. The summed E-state index contributed by atoms with van der Waals surface area (Å²) in [5.41, 5.74) is 0.891. The van der Waals surface area contributed by atoms with Gasteiger partial charge in [-0.25, -0.2) is 9.50 Å². The second kappa shape index (κ2) is 2.98. The molecule has 4 nitrogen and oxygen atoms in total. The number of nitrogens with zero attached hydrogens (tertiary/aromatic N) is 4. The van der Waals surface area contributed by atoms with E-state index < -0.39 is 0 Å². The van der Waals surface area contributed by atoms with E-state index in [2.05, 4.69) is 26.0 Å². The lowest BCUT2D eigenvalue weighted by atomic mass is 10.5. The van der Waals surface area contributed by atoms with Crippen molar-refractivity contribution in [1.82, 2.24) is 14.6 Å². The molecule has 0 bridgehead atoms. The lowest BCUT2D eigenvalue weighted by molar-refractivity contribution is 0.915. The maximum atomic E-state index is 8.67. The summed E-state index contributed by atoms with van der Waals surface area (Å²) in [5, 5.41) is 13.0. The molecule has 0 aromatic carbocycles. The molecule has 0 aliphatic carbocycles. The second-order valence-corrected chi connectivity index (χ2v) is 3.43. The Morgan fingerprint density at radius 3 is 3.00 bits per heavy atom. The summed E-state index contributed by atoms with van der Waals surface area (Å²) in [6.45, 7) is 0. The van der Waals surface area contributed by atoms with Crippen LogP contribution in [0.15, 0.2) is 16.7 Å². The first kappa shape index (κ1) is 8.48. The molecule has 0 aliphatic heterocycles. The highest BCUT2D eigenvalue weighted by Crippen LogP contribution is 2.18. The third kappa shape index (κ3) is 1.28. The van der Waals surface area contributed by atoms with Crippen molar-refractivity contribution in [2.45, 2.75) is 0 Å².